The standard InChI is InChI=1S/C22H35BClNO2Si/c1-14(2)20-21(15(3)4)27-23(26-20)16-12-18(24)17-10-11-25(19(17)13-16)28(8,9)22(5,6)7/h10-15,20-21H,1-9H3. The Morgan fingerprint density at radius 1 is 1.04 bits per heavy atom. The maximum Gasteiger partial charge on any atom is 0.494 e. The third-order valence-corrected chi connectivity index (χ3v) is 12.3. The SMILES string of the molecule is CC(C)C1OB(c2cc(Cl)c3ccn([Si](C)(C)C(C)(C)C)c3c2)OC1C(C)C. The van der Waals surface area contributed by atoms with Gasteiger partial charge in [-0.05, 0) is 46.7 Å². The van der Waals surface area contributed by atoms with Crippen molar-refractivity contribution in [3.8, 4) is 0 Å². The number of rotatable bonds is 4. The van der Waals surface area contributed by atoms with E-state index in [0.29, 0.717) is 11.8 Å². The Labute approximate surface area is 177 Å². The van der Waals surface area contributed by atoms with Gasteiger partial charge in [0, 0.05) is 15.9 Å². The van der Waals surface area contributed by atoms with E-state index in [1.165, 1.54) is 5.52 Å². The molecule has 2 atom stereocenters. The minimum atomic E-state index is -1.77. The molecule has 1 aromatic carbocycles. The van der Waals surface area contributed by atoms with Crippen LogP contribution in [-0.2, 0) is 9.31 Å². The van der Waals surface area contributed by atoms with Crippen molar-refractivity contribution in [2.75, 3.05) is 0 Å². The fraction of sp³-hybridized carbons (Fsp3) is 0.636. The molecule has 1 aliphatic heterocycles. The second kappa shape index (κ2) is 7.50. The molecule has 0 N–H and O–H groups in total. The Morgan fingerprint density at radius 2 is 1.57 bits per heavy atom. The summed E-state index contributed by atoms with van der Waals surface area (Å²) in [7, 11) is -2.12. The quantitative estimate of drug-likeness (QED) is 0.572. The van der Waals surface area contributed by atoms with Gasteiger partial charge in [-0.25, -0.2) is 0 Å². The first-order chi connectivity index (χ1) is 12.8. The van der Waals surface area contributed by atoms with Gasteiger partial charge in [-0.2, -0.15) is 0 Å². The van der Waals surface area contributed by atoms with Crippen molar-refractivity contribution in [3.63, 3.8) is 0 Å². The summed E-state index contributed by atoms with van der Waals surface area (Å²) in [6.45, 7) is 20.6. The molecular formula is C22H35BClNO2Si. The molecule has 0 radical (unpaired) electrons. The summed E-state index contributed by atoms with van der Waals surface area (Å²) in [6, 6.07) is 6.39. The number of fused-ring (bicyclic) bond motifs is 1. The van der Waals surface area contributed by atoms with E-state index in [1.807, 2.05) is 6.07 Å². The topological polar surface area (TPSA) is 23.4 Å². The van der Waals surface area contributed by atoms with Crippen LogP contribution in [0.3, 0.4) is 0 Å². The Morgan fingerprint density at radius 3 is 2.04 bits per heavy atom. The first-order valence-corrected chi connectivity index (χ1v) is 13.8. The van der Waals surface area contributed by atoms with Crippen LogP contribution in [0.5, 0.6) is 0 Å². The second-order valence-electron chi connectivity index (χ2n) is 10.5. The summed E-state index contributed by atoms with van der Waals surface area (Å²) in [6.07, 6.45) is 2.42. The smallest absolute Gasteiger partial charge is 0.402 e. The predicted octanol–water partition coefficient (Wildman–Crippen LogP) is 5.94. The number of hydrogen-bond acceptors (Lipinski definition) is 2. The van der Waals surface area contributed by atoms with Gasteiger partial charge < -0.3 is 13.5 Å². The lowest BCUT2D eigenvalue weighted by atomic mass is 9.79. The van der Waals surface area contributed by atoms with Gasteiger partial charge in [0.05, 0.1) is 12.2 Å². The summed E-state index contributed by atoms with van der Waals surface area (Å²) in [4.78, 5) is 0. The predicted molar refractivity (Wildman–Crippen MR) is 124 cm³/mol. The fourth-order valence-corrected chi connectivity index (χ4v) is 6.15. The molecule has 2 unspecified atom stereocenters. The fourth-order valence-electron chi connectivity index (χ4n) is 3.90. The molecule has 0 amide bonds. The molecule has 1 saturated heterocycles. The maximum absolute atomic E-state index is 6.71. The van der Waals surface area contributed by atoms with Crippen LogP contribution in [0.1, 0.15) is 48.5 Å². The van der Waals surface area contributed by atoms with Gasteiger partial charge >= 0.3 is 7.12 Å². The van der Waals surface area contributed by atoms with Crippen LogP contribution in [0.2, 0.25) is 23.2 Å². The van der Waals surface area contributed by atoms with Crippen molar-refractivity contribution < 1.29 is 9.31 Å². The van der Waals surface area contributed by atoms with E-state index in [0.717, 1.165) is 15.9 Å². The third kappa shape index (κ3) is 3.71. The van der Waals surface area contributed by atoms with Crippen molar-refractivity contribution in [3.05, 3.63) is 29.4 Å². The molecular weight excluding hydrogens is 385 g/mol. The molecule has 6 heteroatoms. The van der Waals surface area contributed by atoms with Gasteiger partial charge in [-0.3, -0.25) is 0 Å². The lowest BCUT2D eigenvalue weighted by molar-refractivity contribution is 0.0815. The van der Waals surface area contributed by atoms with Crippen LogP contribution >= 0.6 is 11.6 Å². The third-order valence-electron chi connectivity index (χ3n) is 6.69. The molecule has 1 aromatic heterocycles. The average Bonchev–Trinajstić information content (AvgIpc) is 3.18. The Kier molecular flexibility index (Phi) is 5.88. The number of halogens is 1. The van der Waals surface area contributed by atoms with Crippen LogP contribution in [0.15, 0.2) is 24.4 Å². The van der Waals surface area contributed by atoms with Gasteiger partial charge in [0.25, 0.3) is 0 Å². The van der Waals surface area contributed by atoms with Crippen LogP contribution in [-0.4, -0.2) is 31.8 Å². The van der Waals surface area contributed by atoms with Gasteiger partial charge in [0.2, 0.25) is 0 Å². The number of benzene rings is 1. The highest BCUT2D eigenvalue weighted by molar-refractivity contribution is 6.79. The number of aromatic nitrogens is 1. The van der Waals surface area contributed by atoms with E-state index in [4.69, 9.17) is 20.9 Å². The highest BCUT2D eigenvalue weighted by atomic mass is 35.5. The lowest BCUT2D eigenvalue weighted by Gasteiger charge is -2.38. The molecule has 1 aliphatic rings. The maximum atomic E-state index is 6.71. The minimum Gasteiger partial charge on any atom is -0.402 e. The van der Waals surface area contributed by atoms with Crippen LogP contribution in [0.25, 0.3) is 10.9 Å². The molecule has 154 valence electrons. The average molecular weight is 420 g/mol. The molecule has 0 bridgehead atoms. The van der Waals surface area contributed by atoms with Gasteiger partial charge in [0.15, 0.2) is 8.24 Å². The van der Waals surface area contributed by atoms with Crippen molar-refractivity contribution in [1.82, 2.24) is 4.23 Å². The highest BCUT2D eigenvalue weighted by Gasteiger charge is 2.44. The molecule has 28 heavy (non-hydrogen) atoms. The van der Waals surface area contributed by atoms with E-state index in [-0.39, 0.29) is 24.4 Å². The Balaban J connectivity index is 2.06. The molecule has 2 heterocycles. The summed E-state index contributed by atoms with van der Waals surface area (Å²) < 4.78 is 15.2. The monoisotopic (exact) mass is 419 g/mol. The molecule has 2 aromatic rings. The minimum absolute atomic E-state index is 0.103. The van der Waals surface area contributed by atoms with Crippen molar-refractivity contribution in [2.45, 2.75) is 78.8 Å². The second-order valence-corrected chi connectivity index (χ2v) is 16.0. The Bertz CT molecular complexity index is 840. The van der Waals surface area contributed by atoms with Crippen LogP contribution in [0.4, 0.5) is 0 Å². The first kappa shape index (κ1) is 21.9. The van der Waals surface area contributed by atoms with E-state index in [2.05, 4.69) is 84.1 Å². The summed E-state index contributed by atoms with van der Waals surface area (Å²) in [5, 5.41) is 2.10. The van der Waals surface area contributed by atoms with E-state index in [1.54, 1.807) is 0 Å². The molecule has 0 aliphatic carbocycles. The number of nitrogens with zero attached hydrogens (tertiary/aromatic N) is 1. The Hall–Kier alpha value is -0.748. The largest absolute Gasteiger partial charge is 0.494 e. The highest BCUT2D eigenvalue weighted by Crippen LogP contribution is 2.39. The van der Waals surface area contributed by atoms with Crippen LogP contribution < -0.4 is 5.46 Å². The van der Waals surface area contributed by atoms with E-state index in [9.17, 15) is 0 Å². The zero-order valence-electron chi connectivity index (χ0n) is 18.8. The molecule has 3 nitrogen and oxygen atoms in total. The van der Waals surface area contributed by atoms with Crippen molar-refractivity contribution in [1.29, 1.82) is 0 Å². The van der Waals surface area contributed by atoms with Gasteiger partial charge in [-0.15, -0.1) is 0 Å². The zero-order valence-corrected chi connectivity index (χ0v) is 20.6. The van der Waals surface area contributed by atoms with Crippen molar-refractivity contribution >= 4 is 43.3 Å². The van der Waals surface area contributed by atoms with E-state index >= 15 is 0 Å². The summed E-state index contributed by atoms with van der Waals surface area (Å²) >= 11 is 6.71. The van der Waals surface area contributed by atoms with Crippen LogP contribution in [0, 0.1) is 11.8 Å². The number of hydrogen-bond donors (Lipinski definition) is 0. The summed E-state index contributed by atoms with van der Waals surface area (Å²) in [5.41, 5.74) is 2.21. The zero-order chi connectivity index (χ0) is 21.0. The van der Waals surface area contributed by atoms with E-state index < -0.39 is 8.24 Å². The molecule has 1 fully saturated rings. The molecule has 0 spiro atoms. The lowest BCUT2D eigenvalue weighted by Crippen LogP contribution is -2.45. The van der Waals surface area contributed by atoms with Gasteiger partial charge in [-0.1, -0.05) is 73.2 Å². The first-order valence-electron chi connectivity index (χ1n) is 10.5. The van der Waals surface area contributed by atoms with Gasteiger partial charge in [0.1, 0.15) is 0 Å². The van der Waals surface area contributed by atoms with Crippen molar-refractivity contribution in [2.24, 2.45) is 11.8 Å². The normalized spacial score (nSPS) is 21.5. The molecule has 0 saturated carbocycles. The summed E-state index contributed by atoms with van der Waals surface area (Å²) in [5.74, 6) is 0.820. The molecule has 3 rings (SSSR count).